The highest BCUT2D eigenvalue weighted by Gasteiger charge is 2.28. The average molecular weight is 203 g/mol. The highest BCUT2D eigenvalue weighted by Crippen LogP contribution is 2.24. The van der Waals surface area contributed by atoms with Crippen LogP contribution in [0.25, 0.3) is 0 Å². The summed E-state index contributed by atoms with van der Waals surface area (Å²) in [5, 5.41) is 0. The lowest BCUT2D eigenvalue weighted by Gasteiger charge is -2.30. The molecule has 68 valence electrons. The van der Waals surface area contributed by atoms with Crippen molar-refractivity contribution in [2.75, 3.05) is 0 Å². The molecule has 3 aliphatic rings. The Balaban J connectivity index is 2.24. The quantitative estimate of drug-likeness (QED) is 0.581. The number of nitrogens with zero attached hydrogens (tertiary/aromatic N) is 5. The minimum atomic E-state index is 0.580. The zero-order chi connectivity index (χ0) is 9.54. The number of thiol groups is 1. The van der Waals surface area contributed by atoms with Crippen molar-refractivity contribution in [2.24, 2.45) is 20.0 Å². The fourth-order valence-corrected chi connectivity index (χ4v) is 1.60. The normalized spacial score (nSPS) is 22.2. The zero-order valence-corrected chi connectivity index (χ0v) is 7.89. The Morgan fingerprint density at radius 1 is 1.07 bits per heavy atom. The number of guanidine groups is 1. The molecule has 0 aromatic rings. The molecule has 3 rings (SSSR count). The van der Waals surface area contributed by atoms with E-state index in [1.54, 1.807) is 4.90 Å². The molecular weight excluding hydrogens is 198 g/mol. The van der Waals surface area contributed by atoms with Crippen LogP contribution in [0.3, 0.4) is 0 Å². The topological polar surface area (TPSA) is 52.7 Å². The van der Waals surface area contributed by atoms with Crippen LogP contribution in [0.1, 0.15) is 0 Å². The molecule has 0 saturated carbocycles. The molecule has 0 unspecified atom stereocenters. The Bertz CT molecular complexity index is 480. The van der Waals surface area contributed by atoms with Gasteiger partial charge >= 0.3 is 0 Å². The van der Waals surface area contributed by atoms with Gasteiger partial charge in [-0.25, -0.2) is 24.9 Å². The molecule has 0 radical (unpaired) electrons. The first-order chi connectivity index (χ1) is 6.86. The van der Waals surface area contributed by atoms with E-state index >= 15 is 0 Å². The lowest BCUT2D eigenvalue weighted by atomic mass is 10.3. The molecule has 0 N–H and O–H groups in total. The Hall–Kier alpha value is -1.69. The Morgan fingerprint density at radius 2 is 1.93 bits per heavy atom. The van der Waals surface area contributed by atoms with Crippen LogP contribution < -0.4 is 0 Å². The predicted octanol–water partition coefficient (Wildman–Crippen LogP) is 0.795. The maximum atomic E-state index is 4.30. The van der Waals surface area contributed by atoms with E-state index in [1.165, 1.54) is 12.7 Å². The summed E-state index contributed by atoms with van der Waals surface area (Å²) in [6, 6.07) is 0. The highest BCUT2D eigenvalue weighted by molar-refractivity contribution is 7.85. The minimum absolute atomic E-state index is 0.580. The molecule has 3 heterocycles. The van der Waals surface area contributed by atoms with E-state index in [4.69, 9.17) is 0 Å². The van der Waals surface area contributed by atoms with Gasteiger partial charge in [-0.1, -0.05) is 0 Å². The molecule has 0 aromatic heterocycles. The van der Waals surface area contributed by atoms with Gasteiger partial charge in [0.15, 0.2) is 5.84 Å². The molecule has 0 spiro atoms. The molecule has 0 aromatic carbocycles. The van der Waals surface area contributed by atoms with E-state index in [0.717, 1.165) is 16.6 Å². The van der Waals surface area contributed by atoms with Gasteiger partial charge in [0.1, 0.15) is 18.5 Å². The van der Waals surface area contributed by atoms with Crippen molar-refractivity contribution in [3.05, 3.63) is 22.9 Å². The van der Waals surface area contributed by atoms with Crippen molar-refractivity contribution in [1.82, 2.24) is 4.90 Å². The van der Waals surface area contributed by atoms with Gasteiger partial charge in [-0.3, -0.25) is 0 Å². The molecule has 0 bridgehead atoms. The Kier molecular flexibility index (Phi) is 1.45. The fraction of sp³-hybridized carbons (Fsp3) is 0. The summed E-state index contributed by atoms with van der Waals surface area (Å²) >= 11 is 4.30. The smallest absolute Gasteiger partial charge is 0.240 e. The number of aliphatic imine (C=N–C) groups is 4. The number of hydrogen-bond acceptors (Lipinski definition) is 6. The summed E-state index contributed by atoms with van der Waals surface area (Å²) in [5.41, 5.74) is 0. The number of hydrogen-bond donors (Lipinski definition) is 1. The molecule has 0 saturated heterocycles. The highest BCUT2D eigenvalue weighted by atomic mass is 32.1. The largest absolute Gasteiger partial charge is 0.245 e. The van der Waals surface area contributed by atoms with Crippen LogP contribution in [0.4, 0.5) is 0 Å². The monoisotopic (exact) mass is 203 g/mol. The molecule has 0 atom stereocenters. The average Bonchev–Trinajstić information content (AvgIpc) is 2.24. The third-order valence-electron chi connectivity index (χ3n) is 1.98. The molecular formula is C8H5N5S. The van der Waals surface area contributed by atoms with Crippen LogP contribution in [0.15, 0.2) is 42.8 Å². The summed E-state index contributed by atoms with van der Waals surface area (Å²) in [4.78, 5) is 18.9. The van der Waals surface area contributed by atoms with Crippen molar-refractivity contribution >= 4 is 37.1 Å². The van der Waals surface area contributed by atoms with Crippen LogP contribution in [-0.4, -0.2) is 29.4 Å². The predicted molar refractivity (Wildman–Crippen MR) is 58.8 cm³/mol. The van der Waals surface area contributed by atoms with E-state index in [0.29, 0.717) is 5.96 Å². The van der Waals surface area contributed by atoms with E-state index < -0.39 is 0 Å². The number of rotatable bonds is 0. The van der Waals surface area contributed by atoms with Crippen molar-refractivity contribution in [1.29, 1.82) is 0 Å². The van der Waals surface area contributed by atoms with Crippen molar-refractivity contribution in [3.8, 4) is 0 Å². The van der Waals surface area contributed by atoms with E-state index in [2.05, 4.69) is 32.6 Å². The fourth-order valence-electron chi connectivity index (χ4n) is 1.37. The summed E-state index contributed by atoms with van der Waals surface area (Å²) in [6.07, 6.45) is 6.66. The first-order valence-corrected chi connectivity index (χ1v) is 4.43. The van der Waals surface area contributed by atoms with Crippen LogP contribution in [0.5, 0.6) is 0 Å². The number of amidine groups is 1. The third-order valence-corrected chi connectivity index (χ3v) is 2.33. The van der Waals surface area contributed by atoms with Crippen LogP contribution >= 0.6 is 12.6 Å². The second-order valence-corrected chi connectivity index (χ2v) is 3.26. The summed E-state index contributed by atoms with van der Waals surface area (Å²) in [5.74, 6) is 2.07. The standard InChI is InChI=1S/C8H5N5S/c14-5-1-2-6-9-3-11-8-12-4-10-7(5)13(6)8/h1-4,14H. The number of allylic oxidation sites excluding steroid dienone is 2. The van der Waals surface area contributed by atoms with Crippen molar-refractivity contribution < 1.29 is 0 Å². The third kappa shape index (κ3) is 0.912. The van der Waals surface area contributed by atoms with Gasteiger partial charge in [0.05, 0.1) is 0 Å². The van der Waals surface area contributed by atoms with Crippen LogP contribution in [-0.2, 0) is 0 Å². The Labute approximate surface area is 85.4 Å². The SMILES string of the molecule is SC1=CC=C2N=CN=C3N=CN=C1N23. The van der Waals surface area contributed by atoms with E-state index in [9.17, 15) is 0 Å². The van der Waals surface area contributed by atoms with Gasteiger partial charge in [0.2, 0.25) is 5.96 Å². The lowest BCUT2D eigenvalue weighted by Crippen LogP contribution is -2.40. The van der Waals surface area contributed by atoms with Gasteiger partial charge in [-0.2, -0.15) is 0 Å². The van der Waals surface area contributed by atoms with Gasteiger partial charge in [0, 0.05) is 4.91 Å². The van der Waals surface area contributed by atoms with Crippen molar-refractivity contribution in [2.45, 2.75) is 0 Å². The molecule has 0 fully saturated rings. The van der Waals surface area contributed by atoms with Gasteiger partial charge < -0.3 is 0 Å². The Morgan fingerprint density at radius 3 is 2.86 bits per heavy atom. The summed E-state index contributed by atoms with van der Waals surface area (Å²) in [7, 11) is 0. The van der Waals surface area contributed by atoms with Crippen LogP contribution in [0, 0.1) is 0 Å². The molecule has 3 aliphatic heterocycles. The maximum absolute atomic E-state index is 4.30. The first-order valence-electron chi connectivity index (χ1n) is 3.98. The van der Waals surface area contributed by atoms with Crippen LogP contribution in [0.2, 0.25) is 0 Å². The first kappa shape index (κ1) is 7.69. The molecule has 5 nitrogen and oxygen atoms in total. The second-order valence-electron chi connectivity index (χ2n) is 2.78. The summed E-state index contributed by atoms with van der Waals surface area (Å²) < 4.78 is 0. The summed E-state index contributed by atoms with van der Waals surface area (Å²) in [6.45, 7) is 0. The van der Waals surface area contributed by atoms with E-state index in [-0.39, 0.29) is 0 Å². The molecule has 0 amide bonds. The van der Waals surface area contributed by atoms with Crippen molar-refractivity contribution in [3.63, 3.8) is 0 Å². The van der Waals surface area contributed by atoms with Gasteiger partial charge in [-0.05, 0) is 12.2 Å². The minimum Gasteiger partial charge on any atom is -0.245 e. The zero-order valence-electron chi connectivity index (χ0n) is 6.99. The van der Waals surface area contributed by atoms with E-state index in [1.807, 2.05) is 12.2 Å². The lowest BCUT2D eigenvalue weighted by molar-refractivity contribution is 0.714. The molecule has 14 heavy (non-hydrogen) atoms. The molecule has 0 aliphatic carbocycles. The second kappa shape index (κ2) is 2.65. The maximum Gasteiger partial charge on any atom is 0.240 e. The molecule has 6 heteroatoms. The van der Waals surface area contributed by atoms with Gasteiger partial charge in [0.25, 0.3) is 0 Å². The van der Waals surface area contributed by atoms with Gasteiger partial charge in [-0.15, -0.1) is 12.6 Å².